The van der Waals surface area contributed by atoms with E-state index in [0.717, 1.165) is 44.4 Å². The molecule has 0 bridgehead atoms. The summed E-state index contributed by atoms with van der Waals surface area (Å²) in [6, 6.07) is 21.7. The lowest BCUT2D eigenvalue weighted by Gasteiger charge is -2.31. The predicted octanol–water partition coefficient (Wildman–Crippen LogP) is 5.79. The number of benzene rings is 2. The molecule has 0 radical (unpaired) electrons. The van der Waals surface area contributed by atoms with Gasteiger partial charge in [0.05, 0.1) is 0 Å². The summed E-state index contributed by atoms with van der Waals surface area (Å²) in [4.78, 5) is 14.6. The van der Waals surface area contributed by atoms with Crippen LogP contribution in [0.4, 0.5) is 17.6 Å². The van der Waals surface area contributed by atoms with Crippen LogP contribution in [0.5, 0.6) is 0 Å². The molecule has 7 heteroatoms. The van der Waals surface area contributed by atoms with E-state index in [9.17, 15) is 0 Å². The molecule has 192 valence electrons. The number of anilines is 3. The van der Waals surface area contributed by atoms with Crippen molar-refractivity contribution in [3.63, 3.8) is 0 Å². The summed E-state index contributed by atoms with van der Waals surface area (Å²) >= 11 is 5.78. The Morgan fingerprint density at radius 2 is 1.41 bits per heavy atom. The van der Waals surface area contributed by atoms with E-state index in [0.29, 0.717) is 11.1 Å². The molecule has 3 heterocycles. The molecule has 6 nitrogen and oxygen atoms in total. The van der Waals surface area contributed by atoms with Gasteiger partial charge in [0, 0.05) is 44.2 Å². The summed E-state index contributed by atoms with van der Waals surface area (Å²) in [7, 11) is 0. The quantitative estimate of drug-likeness (QED) is 0.406. The maximum Gasteiger partial charge on any atom is 0.232 e. The molecule has 2 aliphatic heterocycles. The molecule has 3 aromatic rings. The molecule has 6 rings (SSSR count). The second kappa shape index (κ2) is 10.7. The van der Waals surface area contributed by atoms with Gasteiger partial charge in [0.15, 0.2) is 5.11 Å². The van der Waals surface area contributed by atoms with Crippen molar-refractivity contribution in [3.05, 3.63) is 77.4 Å². The largest absolute Gasteiger partial charge is 0.361 e. The summed E-state index contributed by atoms with van der Waals surface area (Å²) in [6.45, 7) is 4.64. The van der Waals surface area contributed by atoms with Gasteiger partial charge in [-0.25, -0.2) is 0 Å². The molecule has 1 saturated heterocycles. The van der Waals surface area contributed by atoms with E-state index in [-0.39, 0.29) is 5.41 Å². The average Bonchev–Trinajstić information content (AvgIpc) is 3.61. The number of aromatic nitrogens is 2. The predicted molar refractivity (Wildman–Crippen MR) is 155 cm³/mol. The minimum Gasteiger partial charge on any atom is -0.361 e. The third-order valence-corrected chi connectivity index (χ3v) is 8.55. The van der Waals surface area contributed by atoms with Crippen LogP contribution in [0.2, 0.25) is 0 Å². The number of nitrogens with zero attached hydrogens (tertiary/aromatic N) is 4. The van der Waals surface area contributed by atoms with Crippen LogP contribution in [0.1, 0.15) is 61.6 Å². The molecule has 37 heavy (non-hydrogen) atoms. The van der Waals surface area contributed by atoms with Gasteiger partial charge in [-0.15, -0.1) is 0 Å². The highest BCUT2D eigenvalue weighted by atomic mass is 32.1. The van der Waals surface area contributed by atoms with Gasteiger partial charge in [-0.05, 0) is 61.0 Å². The smallest absolute Gasteiger partial charge is 0.232 e. The fourth-order valence-corrected chi connectivity index (χ4v) is 6.39. The van der Waals surface area contributed by atoms with E-state index in [1.807, 2.05) is 0 Å². The second-order valence-corrected chi connectivity index (χ2v) is 11.1. The highest BCUT2D eigenvalue weighted by Crippen LogP contribution is 2.40. The van der Waals surface area contributed by atoms with Crippen LogP contribution >= 0.6 is 12.2 Å². The second-order valence-electron chi connectivity index (χ2n) is 10.7. The fraction of sp³-hybridized carbons (Fsp3) is 0.433. The standard InChI is InChI=1S/C30H36N6S/c37-29(31-22-30(15-7-8-16-30)25-13-3-1-4-14-25)34-28-32-26(35-17-9-2-10-18-35)19-27(33-28)36-20-23-11-5-6-12-24(23)21-36/h1,3-6,11-14,19H,2,7-10,15-18,20-22H2,(H2,31,32,33,34,37). The van der Waals surface area contributed by atoms with Crippen molar-refractivity contribution in [2.24, 2.45) is 0 Å². The average molecular weight is 513 g/mol. The number of hydrogen-bond acceptors (Lipinski definition) is 5. The first-order valence-corrected chi connectivity index (χ1v) is 14.2. The Labute approximate surface area is 225 Å². The Kier molecular flexibility index (Phi) is 6.96. The van der Waals surface area contributed by atoms with Gasteiger partial charge < -0.3 is 20.4 Å². The minimum atomic E-state index is 0.135. The van der Waals surface area contributed by atoms with Crippen LogP contribution in [0, 0.1) is 0 Å². The van der Waals surface area contributed by atoms with Gasteiger partial charge in [-0.1, -0.05) is 67.4 Å². The maximum absolute atomic E-state index is 5.78. The van der Waals surface area contributed by atoms with Crippen LogP contribution in [0.25, 0.3) is 0 Å². The van der Waals surface area contributed by atoms with Crippen molar-refractivity contribution in [2.45, 2.75) is 63.5 Å². The summed E-state index contributed by atoms with van der Waals surface area (Å²) in [5.41, 5.74) is 4.28. The van der Waals surface area contributed by atoms with Crippen molar-refractivity contribution >= 4 is 34.9 Å². The van der Waals surface area contributed by atoms with Gasteiger partial charge in [-0.2, -0.15) is 9.97 Å². The molecule has 3 aliphatic rings. The molecule has 2 N–H and O–H groups in total. The zero-order chi connectivity index (χ0) is 25.1. The van der Waals surface area contributed by atoms with Crippen LogP contribution in [-0.2, 0) is 18.5 Å². The van der Waals surface area contributed by atoms with Gasteiger partial charge >= 0.3 is 0 Å². The van der Waals surface area contributed by atoms with Crippen LogP contribution in [0.15, 0.2) is 60.7 Å². The SMILES string of the molecule is S=C(NCC1(c2ccccc2)CCCC1)Nc1nc(N2CCCCC2)cc(N2Cc3ccccc3C2)n1. The van der Waals surface area contributed by atoms with Gasteiger partial charge in [-0.3, -0.25) is 0 Å². The molecule has 0 atom stereocenters. The molecule has 1 aromatic heterocycles. The van der Waals surface area contributed by atoms with Gasteiger partial charge in [0.25, 0.3) is 0 Å². The zero-order valence-electron chi connectivity index (χ0n) is 21.5. The number of thiocarbonyl (C=S) groups is 1. The Morgan fingerprint density at radius 1 is 0.784 bits per heavy atom. The van der Waals surface area contributed by atoms with Crippen molar-refractivity contribution in [2.75, 3.05) is 34.8 Å². The van der Waals surface area contributed by atoms with Crippen LogP contribution in [-0.4, -0.2) is 34.7 Å². The Morgan fingerprint density at radius 3 is 2.08 bits per heavy atom. The molecule has 0 unspecified atom stereocenters. The maximum atomic E-state index is 5.78. The van der Waals surface area contributed by atoms with Crippen molar-refractivity contribution in [1.82, 2.24) is 15.3 Å². The van der Waals surface area contributed by atoms with Crippen LogP contribution in [0.3, 0.4) is 0 Å². The number of fused-ring (bicyclic) bond motifs is 1. The lowest BCUT2D eigenvalue weighted by molar-refractivity contribution is 0.435. The summed E-state index contributed by atoms with van der Waals surface area (Å²) in [6.07, 6.45) is 8.61. The van der Waals surface area contributed by atoms with E-state index in [4.69, 9.17) is 22.2 Å². The summed E-state index contributed by atoms with van der Waals surface area (Å²) in [5.74, 6) is 2.52. The lowest BCUT2D eigenvalue weighted by atomic mass is 9.79. The monoisotopic (exact) mass is 512 g/mol. The highest BCUT2D eigenvalue weighted by Gasteiger charge is 2.35. The number of nitrogens with one attached hydrogen (secondary N) is 2. The topological polar surface area (TPSA) is 56.3 Å². The Hall–Kier alpha value is -3.19. The summed E-state index contributed by atoms with van der Waals surface area (Å²) in [5, 5.41) is 7.46. The molecule has 2 aromatic carbocycles. The Bertz CT molecular complexity index is 1210. The van der Waals surface area contributed by atoms with Gasteiger partial charge in [0.2, 0.25) is 5.95 Å². The van der Waals surface area contributed by atoms with E-state index in [2.05, 4.69) is 81.1 Å². The highest BCUT2D eigenvalue weighted by molar-refractivity contribution is 7.80. The lowest BCUT2D eigenvalue weighted by Crippen LogP contribution is -2.41. The van der Waals surface area contributed by atoms with E-state index in [1.165, 1.54) is 61.6 Å². The van der Waals surface area contributed by atoms with Crippen molar-refractivity contribution in [1.29, 1.82) is 0 Å². The molecule has 0 spiro atoms. The number of rotatable bonds is 6. The molecule has 0 amide bonds. The first kappa shape index (κ1) is 24.2. The minimum absolute atomic E-state index is 0.135. The van der Waals surface area contributed by atoms with Gasteiger partial charge in [0.1, 0.15) is 11.6 Å². The molecular formula is C30H36N6S. The van der Waals surface area contributed by atoms with E-state index in [1.54, 1.807) is 0 Å². The molecule has 1 saturated carbocycles. The molecular weight excluding hydrogens is 476 g/mol. The third kappa shape index (κ3) is 5.28. The van der Waals surface area contributed by atoms with Crippen molar-refractivity contribution < 1.29 is 0 Å². The summed E-state index contributed by atoms with van der Waals surface area (Å²) < 4.78 is 0. The first-order chi connectivity index (χ1) is 18.2. The third-order valence-electron chi connectivity index (χ3n) is 8.30. The fourth-order valence-electron chi connectivity index (χ4n) is 6.23. The number of hydrogen-bond donors (Lipinski definition) is 2. The van der Waals surface area contributed by atoms with E-state index < -0.39 is 0 Å². The van der Waals surface area contributed by atoms with Crippen molar-refractivity contribution in [3.8, 4) is 0 Å². The molecule has 1 aliphatic carbocycles. The molecule has 2 fully saturated rings. The first-order valence-electron chi connectivity index (χ1n) is 13.7. The van der Waals surface area contributed by atoms with Crippen LogP contribution < -0.4 is 20.4 Å². The normalized spacial score (nSPS) is 18.5. The van der Waals surface area contributed by atoms with E-state index >= 15 is 0 Å². The number of piperidine rings is 1. The Balaban J connectivity index is 1.20. The zero-order valence-corrected chi connectivity index (χ0v) is 22.3.